The van der Waals surface area contributed by atoms with Gasteiger partial charge in [0.25, 0.3) is 0 Å². The molecule has 1 heterocycles. The molecule has 1 unspecified atom stereocenters. The molecule has 7 heteroatoms. The molecule has 3 N–H and O–H groups in total. The molecule has 1 aromatic rings. The molecule has 0 radical (unpaired) electrons. The first-order valence-corrected chi connectivity index (χ1v) is 6.11. The number of aryl methyl sites for hydroxylation is 1. The summed E-state index contributed by atoms with van der Waals surface area (Å²) in [6.45, 7) is 1.52. The van der Waals surface area contributed by atoms with E-state index in [1.807, 2.05) is 13.0 Å². The Kier molecular flexibility index (Phi) is 3.88. The minimum Gasteiger partial charge on any atom is -0.480 e. The number of carbonyl (C=O) groups is 3. The summed E-state index contributed by atoms with van der Waals surface area (Å²) in [6, 6.07) is 5.46. The molecule has 106 valence electrons. The smallest absolute Gasteiger partial charge is 0.328 e. The van der Waals surface area contributed by atoms with Gasteiger partial charge in [-0.3, -0.25) is 9.69 Å². The number of hydrogen-bond acceptors (Lipinski definition) is 3. The summed E-state index contributed by atoms with van der Waals surface area (Å²) in [5, 5.41) is 14.1. The van der Waals surface area contributed by atoms with Crippen LogP contribution >= 0.6 is 0 Å². The van der Waals surface area contributed by atoms with E-state index in [1.165, 1.54) is 0 Å². The van der Waals surface area contributed by atoms with Gasteiger partial charge in [-0.2, -0.15) is 0 Å². The van der Waals surface area contributed by atoms with Gasteiger partial charge in [0.15, 0.2) is 0 Å². The van der Waals surface area contributed by atoms with Gasteiger partial charge in [0.2, 0.25) is 5.91 Å². The maximum Gasteiger partial charge on any atom is 0.328 e. The van der Waals surface area contributed by atoms with Crippen LogP contribution in [0.25, 0.3) is 0 Å². The third-order valence-corrected chi connectivity index (χ3v) is 3.00. The molecule has 0 aromatic heterocycles. The maximum absolute atomic E-state index is 12.1. The number of anilines is 1. The lowest BCUT2D eigenvalue weighted by Gasteiger charge is -2.32. The SMILES string of the molecule is Cc1cccc(NC(=O)N2CC(=O)NCC2C(=O)O)c1. The van der Waals surface area contributed by atoms with Gasteiger partial charge in [0, 0.05) is 12.2 Å². The number of urea groups is 1. The Morgan fingerprint density at radius 3 is 2.85 bits per heavy atom. The van der Waals surface area contributed by atoms with Gasteiger partial charge in [-0.15, -0.1) is 0 Å². The molecule has 1 saturated heterocycles. The highest BCUT2D eigenvalue weighted by molar-refractivity contribution is 5.96. The van der Waals surface area contributed by atoms with E-state index in [2.05, 4.69) is 10.6 Å². The number of rotatable bonds is 2. The lowest BCUT2D eigenvalue weighted by Crippen LogP contribution is -2.60. The van der Waals surface area contributed by atoms with Crippen LogP contribution in [0.15, 0.2) is 24.3 Å². The van der Waals surface area contributed by atoms with Crippen molar-refractivity contribution in [3.8, 4) is 0 Å². The third-order valence-electron chi connectivity index (χ3n) is 3.00. The Morgan fingerprint density at radius 2 is 2.20 bits per heavy atom. The third kappa shape index (κ3) is 3.05. The van der Waals surface area contributed by atoms with Crippen molar-refractivity contribution >= 4 is 23.6 Å². The summed E-state index contributed by atoms with van der Waals surface area (Å²) in [7, 11) is 0. The number of carboxylic acid groups (broad SMARTS) is 1. The normalized spacial score (nSPS) is 18.4. The van der Waals surface area contributed by atoms with Crippen LogP contribution in [0.4, 0.5) is 10.5 Å². The summed E-state index contributed by atoms with van der Waals surface area (Å²) >= 11 is 0. The van der Waals surface area contributed by atoms with Gasteiger partial charge in [-0.1, -0.05) is 12.1 Å². The van der Waals surface area contributed by atoms with Crippen LogP contribution in [0.2, 0.25) is 0 Å². The summed E-state index contributed by atoms with van der Waals surface area (Å²) < 4.78 is 0. The van der Waals surface area contributed by atoms with Crippen molar-refractivity contribution in [2.75, 3.05) is 18.4 Å². The molecule has 2 rings (SSSR count). The second-order valence-electron chi connectivity index (χ2n) is 4.59. The largest absolute Gasteiger partial charge is 0.480 e. The minimum absolute atomic E-state index is 0.0879. The molecule has 7 nitrogen and oxygen atoms in total. The van der Waals surface area contributed by atoms with E-state index in [1.54, 1.807) is 18.2 Å². The average molecular weight is 277 g/mol. The Hall–Kier alpha value is -2.57. The second-order valence-corrected chi connectivity index (χ2v) is 4.59. The highest BCUT2D eigenvalue weighted by Gasteiger charge is 2.35. The highest BCUT2D eigenvalue weighted by Crippen LogP contribution is 2.12. The van der Waals surface area contributed by atoms with E-state index in [4.69, 9.17) is 5.11 Å². The molecule has 0 bridgehead atoms. The highest BCUT2D eigenvalue weighted by atomic mass is 16.4. The zero-order valence-electron chi connectivity index (χ0n) is 10.9. The average Bonchev–Trinajstić information content (AvgIpc) is 2.38. The number of carboxylic acids is 1. The van der Waals surface area contributed by atoms with Crippen molar-refractivity contribution < 1.29 is 19.5 Å². The molecule has 1 fully saturated rings. The van der Waals surface area contributed by atoms with E-state index in [9.17, 15) is 14.4 Å². The van der Waals surface area contributed by atoms with Gasteiger partial charge < -0.3 is 15.7 Å². The zero-order chi connectivity index (χ0) is 14.7. The first kappa shape index (κ1) is 13.9. The molecule has 3 amide bonds. The number of amides is 3. The van der Waals surface area contributed by atoms with Crippen LogP contribution in [-0.2, 0) is 9.59 Å². The van der Waals surface area contributed by atoms with Crippen molar-refractivity contribution in [3.05, 3.63) is 29.8 Å². The number of aliphatic carboxylic acids is 1. The second kappa shape index (κ2) is 5.60. The number of nitrogens with zero attached hydrogens (tertiary/aromatic N) is 1. The minimum atomic E-state index is -1.15. The quantitative estimate of drug-likeness (QED) is 0.729. The Labute approximate surface area is 115 Å². The number of hydrogen-bond donors (Lipinski definition) is 3. The number of benzene rings is 1. The van der Waals surface area contributed by atoms with Gasteiger partial charge >= 0.3 is 12.0 Å². The first-order valence-electron chi connectivity index (χ1n) is 6.11. The molecule has 1 aliphatic rings. The van der Waals surface area contributed by atoms with Gasteiger partial charge in [-0.05, 0) is 24.6 Å². The van der Waals surface area contributed by atoms with Crippen LogP contribution in [0.5, 0.6) is 0 Å². The predicted molar refractivity (Wildman–Crippen MR) is 71.3 cm³/mol. The van der Waals surface area contributed by atoms with Crippen molar-refractivity contribution in [1.29, 1.82) is 0 Å². The molecule has 1 aliphatic heterocycles. The van der Waals surface area contributed by atoms with Gasteiger partial charge in [-0.25, -0.2) is 9.59 Å². The van der Waals surface area contributed by atoms with Crippen molar-refractivity contribution in [2.45, 2.75) is 13.0 Å². The van der Waals surface area contributed by atoms with E-state index in [-0.39, 0.29) is 19.0 Å². The van der Waals surface area contributed by atoms with Crippen molar-refractivity contribution in [1.82, 2.24) is 10.2 Å². The van der Waals surface area contributed by atoms with E-state index < -0.39 is 18.0 Å². The molecular formula is C13H15N3O4. The van der Waals surface area contributed by atoms with Crippen molar-refractivity contribution in [2.24, 2.45) is 0 Å². The molecule has 0 spiro atoms. The Balaban J connectivity index is 2.13. The molecule has 0 saturated carbocycles. The van der Waals surface area contributed by atoms with E-state index >= 15 is 0 Å². The zero-order valence-corrected chi connectivity index (χ0v) is 10.9. The summed E-state index contributed by atoms with van der Waals surface area (Å²) in [5.41, 5.74) is 1.53. The molecular weight excluding hydrogens is 262 g/mol. The van der Waals surface area contributed by atoms with E-state index in [0.717, 1.165) is 10.5 Å². The van der Waals surface area contributed by atoms with Crippen LogP contribution in [0.3, 0.4) is 0 Å². The summed E-state index contributed by atoms with van der Waals surface area (Å²) in [5.74, 6) is -1.52. The van der Waals surface area contributed by atoms with Crippen LogP contribution in [0.1, 0.15) is 5.56 Å². The fourth-order valence-electron chi connectivity index (χ4n) is 1.99. The molecule has 1 aromatic carbocycles. The Bertz CT molecular complexity index is 558. The number of piperazine rings is 1. The topological polar surface area (TPSA) is 98.7 Å². The van der Waals surface area contributed by atoms with Crippen LogP contribution in [-0.4, -0.2) is 47.0 Å². The molecule has 1 atom stereocenters. The lowest BCUT2D eigenvalue weighted by molar-refractivity contribution is -0.144. The van der Waals surface area contributed by atoms with Gasteiger partial charge in [0.05, 0.1) is 0 Å². The van der Waals surface area contributed by atoms with Crippen LogP contribution < -0.4 is 10.6 Å². The summed E-state index contributed by atoms with van der Waals surface area (Å²) in [6.07, 6.45) is 0. The first-order chi connectivity index (χ1) is 9.47. The Morgan fingerprint density at radius 1 is 1.45 bits per heavy atom. The maximum atomic E-state index is 12.1. The monoisotopic (exact) mass is 277 g/mol. The predicted octanol–water partition coefficient (Wildman–Crippen LogP) is 0.412. The van der Waals surface area contributed by atoms with E-state index in [0.29, 0.717) is 5.69 Å². The standard InChI is InChI=1S/C13H15N3O4/c1-8-3-2-4-9(5-8)15-13(20)16-7-11(17)14-6-10(16)12(18)19/h2-5,10H,6-7H2,1H3,(H,14,17)(H,15,20)(H,18,19). The fourth-order valence-corrected chi connectivity index (χ4v) is 1.99. The number of carbonyl (C=O) groups excluding carboxylic acids is 2. The molecule has 20 heavy (non-hydrogen) atoms. The molecule has 0 aliphatic carbocycles. The fraction of sp³-hybridized carbons (Fsp3) is 0.308. The summed E-state index contributed by atoms with van der Waals surface area (Å²) in [4.78, 5) is 35.6. The van der Waals surface area contributed by atoms with Crippen molar-refractivity contribution in [3.63, 3.8) is 0 Å². The van der Waals surface area contributed by atoms with Crippen LogP contribution in [0, 0.1) is 6.92 Å². The number of nitrogens with one attached hydrogen (secondary N) is 2. The van der Waals surface area contributed by atoms with Gasteiger partial charge in [0.1, 0.15) is 12.6 Å². The lowest BCUT2D eigenvalue weighted by atomic mass is 10.2.